The lowest BCUT2D eigenvalue weighted by atomic mass is 9.99. The third-order valence-electron chi connectivity index (χ3n) is 4.97. The van der Waals surface area contributed by atoms with Gasteiger partial charge < -0.3 is 9.47 Å². The highest BCUT2D eigenvalue weighted by molar-refractivity contribution is 7.89. The van der Waals surface area contributed by atoms with Crippen LogP contribution in [-0.4, -0.2) is 38.8 Å². The molecule has 1 aromatic heterocycles. The number of para-hydroxylation sites is 1. The molecule has 0 bridgehead atoms. The fourth-order valence-electron chi connectivity index (χ4n) is 3.46. The molecule has 0 fully saturated rings. The quantitative estimate of drug-likeness (QED) is 0.481. The summed E-state index contributed by atoms with van der Waals surface area (Å²) in [6.45, 7) is 3.55. The zero-order valence-corrected chi connectivity index (χ0v) is 20.6. The minimum absolute atomic E-state index is 0.232. The minimum Gasteiger partial charge on any atom is -0.496 e. The van der Waals surface area contributed by atoms with Crippen LogP contribution in [0.1, 0.15) is 28.4 Å². The summed E-state index contributed by atoms with van der Waals surface area (Å²) >= 11 is 6.39. The van der Waals surface area contributed by atoms with Gasteiger partial charge in [0, 0.05) is 18.2 Å². The normalized spacial score (nSPS) is 12.2. The van der Waals surface area contributed by atoms with E-state index in [1.807, 2.05) is 31.2 Å². The molecule has 0 unspecified atom stereocenters. The van der Waals surface area contributed by atoms with Crippen molar-refractivity contribution < 1.29 is 27.1 Å². The van der Waals surface area contributed by atoms with Crippen molar-refractivity contribution in [3.05, 3.63) is 76.2 Å². The molecular weight excluding hydrogens is 483 g/mol. The maximum Gasteiger partial charge on any atom is 0.267 e. The van der Waals surface area contributed by atoms with Crippen molar-refractivity contribution in [3.8, 4) is 22.8 Å². The van der Waals surface area contributed by atoms with Gasteiger partial charge >= 0.3 is 0 Å². The van der Waals surface area contributed by atoms with E-state index in [-0.39, 0.29) is 22.6 Å². The molecule has 0 aliphatic heterocycles. The number of hydrogen-bond acceptors (Lipinski definition) is 6. The van der Waals surface area contributed by atoms with Gasteiger partial charge in [-0.05, 0) is 54.8 Å². The van der Waals surface area contributed by atoms with Crippen LogP contribution in [-0.2, 0) is 16.4 Å². The zero-order valence-electron chi connectivity index (χ0n) is 19.1. The summed E-state index contributed by atoms with van der Waals surface area (Å²) in [4.78, 5) is 16.4. The van der Waals surface area contributed by atoms with Crippen LogP contribution in [0.25, 0.3) is 11.1 Å². The van der Waals surface area contributed by atoms with Gasteiger partial charge in [-0.1, -0.05) is 29.8 Å². The highest BCUT2D eigenvalue weighted by Crippen LogP contribution is 2.32. The minimum atomic E-state index is -3.82. The first-order valence-corrected chi connectivity index (χ1v) is 12.5. The summed E-state index contributed by atoms with van der Waals surface area (Å²) in [6, 6.07) is 11.7. The Hall–Kier alpha value is -3.17. The predicted octanol–water partition coefficient (Wildman–Crippen LogP) is 4.56. The van der Waals surface area contributed by atoms with Crippen LogP contribution < -0.4 is 14.2 Å². The molecule has 10 heteroatoms. The first kappa shape index (κ1) is 25.5. The smallest absolute Gasteiger partial charge is 0.267 e. The molecule has 0 saturated carbocycles. The molecular formula is C24H24ClFN2O5S. The molecule has 0 radical (unpaired) electrons. The summed E-state index contributed by atoms with van der Waals surface area (Å²) in [7, 11) is -2.21. The Morgan fingerprint density at radius 3 is 2.59 bits per heavy atom. The average Bonchev–Trinajstić information content (AvgIpc) is 2.75. The van der Waals surface area contributed by atoms with Gasteiger partial charge in [0.1, 0.15) is 22.7 Å². The Balaban J connectivity index is 1.80. The number of sulfonamides is 1. The van der Waals surface area contributed by atoms with Crippen molar-refractivity contribution in [1.82, 2.24) is 9.71 Å². The zero-order chi connectivity index (χ0) is 25.0. The standard InChI is InChI=1S/C24H24ClFN2O5S/c1-14-9-19(23(29)28-34(4,30)31)21(26)12-18(14)17-11-20(25)24(27-13-17)33-15(2)10-16-7-5-6-8-22(16)32-3/h5-9,11-13,15H,10H2,1-4H3,(H,28,29)/t15-/m0/s1. The number of ether oxygens (including phenoxy) is 2. The van der Waals surface area contributed by atoms with E-state index in [1.54, 1.807) is 24.8 Å². The van der Waals surface area contributed by atoms with Crippen LogP contribution in [0.5, 0.6) is 11.6 Å². The van der Waals surface area contributed by atoms with Crippen molar-refractivity contribution in [3.63, 3.8) is 0 Å². The Bertz CT molecular complexity index is 1330. The van der Waals surface area contributed by atoms with Gasteiger partial charge in [-0.3, -0.25) is 4.79 Å². The maximum absolute atomic E-state index is 14.6. The summed E-state index contributed by atoms with van der Waals surface area (Å²) in [6.07, 6.45) is 2.64. The molecule has 0 spiro atoms. The van der Waals surface area contributed by atoms with E-state index in [0.717, 1.165) is 23.6 Å². The van der Waals surface area contributed by atoms with Crippen LogP contribution in [0.3, 0.4) is 0 Å². The van der Waals surface area contributed by atoms with E-state index >= 15 is 0 Å². The number of hydrogen-bond donors (Lipinski definition) is 1. The van der Waals surface area contributed by atoms with Crippen LogP contribution in [0.2, 0.25) is 5.02 Å². The summed E-state index contributed by atoms with van der Waals surface area (Å²) < 4.78 is 50.2. The monoisotopic (exact) mass is 506 g/mol. The number of carbonyl (C=O) groups excluding carboxylic acids is 1. The highest BCUT2D eigenvalue weighted by Gasteiger charge is 2.19. The molecule has 3 rings (SSSR count). The lowest BCUT2D eigenvalue weighted by Crippen LogP contribution is -2.30. The van der Waals surface area contributed by atoms with E-state index < -0.39 is 21.7 Å². The Morgan fingerprint density at radius 1 is 1.24 bits per heavy atom. The van der Waals surface area contributed by atoms with Crippen molar-refractivity contribution in [1.29, 1.82) is 0 Å². The third-order valence-corrected chi connectivity index (χ3v) is 5.79. The third kappa shape index (κ3) is 6.24. The van der Waals surface area contributed by atoms with E-state index in [1.165, 1.54) is 12.3 Å². The molecule has 1 heterocycles. The Morgan fingerprint density at radius 2 is 1.94 bits per heavy atom. The second-order valence-corrected chi connectivity index (χ2v) is 9.96. The molecule has 3 aromatic rings. The number of rotatable bonds is 8. The number of pyridine rings is 1. The summed E-state index contributed by atoms with van der Waals surface area (Å²) in [5.41, 5.74) is 2.11. The van der Waals surface area contributed by atoms with Crippen molar-refractivity contribution in [2.24, 2.45) is 0 Å². The fourth-order valence-corrected chi connectivity index (χ4v) is 4.12. The van der Waals surface area contributed by atoms with Gasteiger partial charge in [0.05, 0.1) is 18.9 Å². The molecule has 1 amide bonds. The first-order valence-electron chi connectivity index (χ1n) is 10.2. The lowest BCUT2D eigenvalue weighted by molar-refractivity contribution is 0.0977. The van der Waals surface area contributed by atoms with Gasteiger partial charge in [-0.25, -0.2) is 22.5 Å². The number of nitrogens with zero attached hydrogens (tertiary/aromatic N) is 1. The second kappa shape index (κ2) is 10.4. The number of halogens is 2. The number of nitrogens with one attached hydrogen (secondary N) is 1. The number of methoxy groups -OCH3 is 1. The van der Waals surface area contributed by atoms with Crippen LogP contribution >= 0.6 is 11.6 Å². The molecule has 7 nitrogen and oxygen atoms in total. The predicted molar refractivity (Wildman–Crippen MR) is 128 cm³/mol. The SMILES string of the molecule is COc1ccccc1C[C@H](C)Oc1ncc(-c2cc(F)c(C(=O)NS(C)(=O)=O)cc2C)cc1Cl. The van der Waals surface area contributed by atoms with Crippen molar-refractivity contribution in [2.75, 3.05) is 13.4 Å². The van der Waals surface area contributed by atoms with Crippen LogP contribution in [0.15, 0.2) is 48.7 Å². The van der Waals surface area contributed by atoms with Crippen molar-refractivity contribution >= 4 is 27.5 Å². The highest BCUT2D eigenvalue weighted by atomic mass is 35.5. The van der Waals surface area contributed by atoms with E-state index in [2.05, 4.69) is 4.98 Å². The number of benzene rings is 2. The number of carbonyl (C=O) groups is 1. The first-order chi connectivity index (χ1) is 16.0. The fraction of sp³-hybridized carbons (Fsp3) is 0.250. The average molecular weight is 507 g/mol. The largest absolute Gasteiger partial charge is 0.496 e. The van der Waals surface area contributed by atoms with Crippen LogP contribution in [0.4, 0.5) is 4.39 Å². The maximum atomic E-state index is 14.6. The molecule has 1 atom stereocenters. The molecule has 1 N–H and O–H groups in total. The van der Waals surface area contributed by atoms with E-state index in [9.17, 15) is 17.6 Å². The number of aromatic nitrogens is 1. The molecule has 180 valence electrons. The molecule has 34 heavy (non-hydrogen) atoms. The number of amides is 1. The molecule has 0 aliphatic rings. The van der Waals surface area contributed by atoms with Gasteiger partial charge in [0.25, 0.3) is 5.91 Å². The Kier molecular flexibility index (Phi) is 7.78. The topological polar surface area (TPSA) is 94.6 Å². The molecule has 2 aromatic carbocycles. The summed E-state index contributed by atoms with van der Waals surface area (Å²) in [5.74, 6) is -0.921. The lowest BCUT2D eigenvalue weighted by Gasteiger charge is -2.17. The van der Waals surface area contributed by atoms with Gasteiger partial charge in [-0.15, -0.1) is 0 Å². The molecule has 0 saturated heterocycles. The second-order valence-electron chi connectivity index (χ2n) is 7.81. The van der Waals surface area contributed by atoms with E-state index in [0.29, 0.717) is 23.1 Å². The van der Waals surface area contributed by atoms with Crippen LogP contribution in [0, 0.1) is 12.7 Å². The summed E-state index contributed by atoms with van der Waals surface area (Å²) in [5, 5.41) is 0.239. The number of aryl methyl sites for hydroxylation is 1. The van der Waals surface area contributed by atoms with E-state index in [4.69, 9.17) is 21.1 Å². The van der Waals surface area contributed by atoms with Crippen molar-refractivity contribution in [2.45, 2.75) is 26.4 Å². The van der Waals surface area contributed by atoms with Gasteiger partial charge in [-0.2, -0.15) is 0 Å². The Labute approximate surface area is 202 Å². The van der Waals surface area contributed by atoms with Gasteiger partial charge in [0.15, 0.2) is 0 Å². The molecule has 0 aliphatic carbocycles. The van der Waals surface area contributed by atoms with Gasteiger partial charge in [0.2, 0.25) is 15.9 Å².